The second-order valence-electron chi connectivity index (χ2n) is 6.58. The first kappa shape index (κ1) is 18.4. The van der Waals surface area contributed by atoms with E-state index in [4.69, 9.17) is 0 Å². The molecule has 6 heteroatoms. The van der Waals surface area contributed by atoms with Gasteiger partial charge in [0.1, 0.15) is 0 Å². The Bertz CT molecular complexity index is 567. The maximum absolute atomic E-state index is 12.5. The van der Waals surface area contributed by atoms with E-state index in [0.29, 0.717) is 12.1 Å². The summed E-state index contributed by atoms with van der Waals surface area (Å²) in [7, 11) is 0. The van der Waals surface area contributed by atoms with Crippen molar-refractivity contribution in [2.45, 2.75) is 44.2 Å². The Morgan fingerprint density at radius 1 is 1.22 bits per heavy atom. The van der Waals surface area contributed by atoms with Gasteiger partial charge in [0, 0.05) is 36.4 Å². The minimum Gasteiger partial charge on any atom is -0.384 e. The SMILES string of the molecule is Cl.Cl.O=C(NC1CCN2CCCC2C1)c1ccc2c(c1)CCN2. The first-order chi connectivity index (χ1) is 10.3. The summed E-state index contributed by atoms with van der Waals surface area (Å²) in [6.07, 6.45) is 5.87. The lowest BCUT2D eigenvalue weighted by atomic mass is 9.97. The number of rotatable bonds is 2. The van der Waals surface area contributed by atoms with Crippen molar-refractivity contribution >= 4 is 36.4 Å². The second kappa shape index (κ2) is 7.73. The van der Waals surface area contributed by atoms with Crippen molar-refractivity contribution < 1.29 is 4.79 Å². The molecule has 1 aromatic carbocycles. The van der Waals surface area contributed by atoms with Gasteiger partial charge in [-0.05, 0) is 62.4 Å². The molecule has 0 bridgehead atoms. The van der Waals surface area contributed by atoms with Crippen molar-refractivity contribution in [1.82, 2.24) is 10.2 Å². The molecule has 1 amide bonds. The normalized spacial score (nSPS) is 25.4. The van der Waals surface area contributed by atoms with Gasteiger partial charge in [0.05, 0.1) is 0 Å². The zero-order valence-corrected chi connectivity index (χ0v) is 14.8. The van der Waals surface area contributed by atoms with Gasteiger partial charge in [-0.3, -0.25) is 4.79 Å². The lowest BCUT2D eigenvalue weighted by Gasteiger charge is -2.35. The van der Waals surface area contributed by atoms with Crippen LogP contribution in [0.4, 0.5) is 5.69 Å². The van der Waals surface area contributed by atoms with E-state index < -0.39 is 0 Å². The van der Waals surface area contributed by atoms with Gasteiger partial charge in [-0.1, -0.05) is 0 Å². The Morgan fingerprint density at radius 2 is 2.09 bits per heavy atom. The highest BCUT2D eigenvalue weighted by molar-refractivity contribution is 5.95. The zero-order chi connectivity index (χ0) is 14.2. The van der Waals surface area contributed by atoms with E-state index in [2.05, 4.69) is 21.6 Å². The predicted molar refractivity (Wildman–Crippen MR) is 98.2 cm³/mol. The summed E-state index contributed by atoms with van der Waals surface area (Å²) >= 11 is 0. The molecule has 1 aromatic rings. The minimum atomic E-state index is 0. The van der Waals surface area contributed by atoms with Crippen LogP contribution in [0.5, 0.6) is 0 Å². The maximum atomic E-state index is 12.5. The van der Waals surface area contributed by atoms with Crippen molar-refractivity contribution in [2.75, 3.05) is 25.0 Å². The molecule has 0 radical (unpaired) electrons. The van der Waals surface area contributed by atoms with Gasteiger partial charge in [0.2, 0.25) is 0 Å². The van der Waals surface area contributed by atoms with E-state index in [0.717, 1.165) is 37.9 Å². The Hall–Kier alpha value is -0.970. The van der Waals surface area contributed by atoms with Crippen molar-refractivity contribution in [3.8, 4) is 0 Å². The second-order valence-corrected chi connectivity index (χ2v) is 6.58. The average molecular weight is 358 g/mol. The monoisotopic (exact) mass is 357 g/mol. The standard InChI is InChI=1S/C17H23N3O.2ClH/c21-17(13-3-4-16-12(10-13)5-7-18-16)19-14-6-9-20-8-1-2-15(20)11-14;;/h3-4,10,14-15,18H,1-2,5-9,11H2,(H,19,21);2*1H. The first-order valence-electron chi connectivity index (χ1n) is 8.21. The first-order valence-corrected chi connectivity index (χ1v) is 8.21. The number of carbonyl (C=O) groups excluding carboxylic acids is 1. The number of anilines is 1. The fourth-order valence-electron chi connectivity index (χ4n) is 4.07. The summed E-state index contributed by atoms with van der Waals surface area (Å²) in [4.78, 5) is 15.0. The number of benzene rings is 1. The molecular weight excluding hydrogens is 333 g/mol. The van der Waals surface area contributed by atoms with Crippen LogP contribution in [0, 0.1) is 0 Å². The molecule has 3 aliphatic heterocycles. The number of carbonyl (C=O) groups is 1. The van der Waals surface area contributed by atoms with Crippen molar-refractivity contribution in [1.29, 1.82) is 0 Å². The molecule has 0 saturated carbocycles. The summed E-state index contributed by atoms with van der Waals surface area (Å²) in [5.41, 5.74) is 3.27. The Kier molecular flexibility index (Phi) is 6.18. The van der Waals surface area contributed by atoms with Crippen LogP contribution < -0.4 is 10.6 Å². The molecule has 2 atom stereocenters. The third-order valence-corrected chi connectivity index (χ3v) is 5.23. The highest BCUT2D eigenvalue weighted by Gasteiger charge is 2.32. The van der Waals surface area contributed by atoms with Crippen LogP contribution in [0.25, 0.3) is 0 Å². The van der Waals surface area contributed by atoms with Gasteiger partial charge in [-0.15, -0.1) is 24.8 Å². The number of halogens is 2. The van der Waals surface area contributed by atoms with Crippen LogP contribution in [0.1, 0.15) is 41.6 Å². The molecule has 2 saturated heterocycles. The number of nitrogens with zero attached hydrogens (tertiary/aromatic N) is 1. The lowest BCUT2D eigenvalue weighted by Crippen LogP contribution is -2.47. The molecule has 3 heterocycles. The van der Waals surface area contributed by atoms with Crippen LogP contribution in [-0.2, 0) is 6.42 Å². The van der Waals surface area contributed by atoms with Crippen LogP contribution in [0.3, 0.4) is 0 Å². The van der Waals surface area contributed by atoms with Gasteiger partial charge in [0.25, 0.3) is 5.91 Å². The van der Waals surface area contributed by atoms with Crippen molar-refractivity contribution in [2.24, 2.45) is 0 Å². The van der Waals surface area contributed by atoms with Crippen LogP contribution in [-0.4, -0.2) is 42.5 Å². The van der Waals surface area contributed by atoms with Crippen molar-refractivity contribution in [3.63, 3.8) is 0 Å². The zero-order valence-electron chi connectivity index (χ0n) is 13.2. The summed E-state index contributed by atoms with van der Waals surface area (Å²) in [5.74, 6) is 0.0983. The highest BCUT2D eigenvalue weighted by atomic mass is 35.5. The van der Waals surface area contributed by atoms with Gasteiger partial charge in [-0.2, -0.15) is 0 Å². The molecule has 0 spiro atoms. The van der Waals surface area contributed by atoms with Gasteiger partial charge >= 0.3 is 0 Å². The average Bonchev–Trinajstić information content (AvgIpc) is 3.14. The molecule has 128 valence electrons. The number of hydrogen-bond acceptors (Lipinski definition) is 3. The highest BCUT2D eigenvalue weighted by Crippen LogP contribution is 2.27. The molecule has 3 aliphatic rings. The van der Waals surface area contributed by atoms with Crippen LogP contribution in [0.15, 0.2) is 18.2 Å². The number of fused-ring (bicyclic) bond motifs is 2. The summed E-state index contributed by atoms with van der Waals surface area (Å²) < 4.78 is 0. The van der Waals surface area contributed by atoms with E-state index in [1.165, 1.54) is 30.6 Å². The summed E-state index contributed by atoms with van der Waals surface area (Å²) in [6, 6.07) is 7.08. The number of hydrogen-bond donors (Lipinski definition) is 2. The molecule has 0 aromatic heterocycles. The minimum absolute atomic E-state index is 0. The Labute approximate surface area is 150 Å². The lowest BCUT2D eigenvalue weighted by molar-refractivity contribution is 0.0896. The van der Waals surface area contributed by atoms with E-state index in [1.807, 2.05) is 12.1 Å². The number of amides is 1. The molecule has 0 aliphatic carbocycles. The third kappa shape index (κ3) is 3.76. The smallest absolute Gasteiger partial charge is 0.251 e. The molecule has 4 rings (SSSR count). The predicted octanol–water partition coefficient (Wildman–Crippen LogP) is 2.85. The largest absolute Gasteiger partial charge is 0.384 e. The van der Waals surface area contributed by atoms with Gasteiger partial charge in [-0.25, -0.2) is 0 Å². The molecule has 2 unspecified atom stereocenters. The van der Waals surface area contributed by atoms with E-state index in [9.17, 15) is 4.79 Å². The number of nitrogens with one attached hydrogen (secondary N) is 2. The summed E-state index contributed by atoms with van der Waals surface area (Å²) in [6.45, 7) is 3.38. The van der Waals surface area contributed by atoms with E-state index in [1.54, 1.807) is 0 Å². The van der Waals surface area contributed by atoms with Crippen LogP contribution in [0.2, 0.25) is 0 Å². The van der Waals surface area contributed by atoms with Gasteiger partial charge < -0.3 is 15.5 Å². The topological polar surface area (TPSA) is 44.4 Å². The van der Waals surface area contributed by atoms with Gasteiger partial charge in [0.15, 0.2) is 0 Å². The molecule has 2 N–H and O–H groups in total. The fraction of sp³-hybridized carbons (Fsp3) is 0.588. The van der Waals surface area contributed by atoms with Crippen LogP contribution >= 0.6 is 24.8 Å². The quantitative estimate of drug-likeness (QED) is 0.855. The molecule has 4 nitrogen and oxygen atoms in total. The Balaban J connectivity index is 0.000000960. The third-order valence-electron chi connectivity index (χ3n) is 5.23. The maximum Gasteiger partial charge on any atom is 0.251 e. The molecular formula is C17H25Cl2N3O. The van der Waals surface area contributed by atoms with E-state index in [-0.39, 0.29) is 30.7 Å². The Morgan fingerprint density at radius 3 is 2.96 bits per heavy atom. The molecule has 23 heavy (non-hydrogen) atoms. The number of piperidine rings is 1. The fourth-order valence-corrected chi connectivity index (χ4v) is 4.07. The van der Waals surface area contributed by atoms with E-state index >= 15 is 0 Å². The summed E-state index contributed by atoms with van der Waals surface area (Å²) in [5, 5.41) is 6.59. The molecule has 2 fully saturated rings. The van der Waals surface area contributed by atoms with Crippen molar-refractivity contribution in [3.05, 3.63) is 29.3 Å².